The molecule has 0 spiro atoms. The minimum absolute atomic E-state index is 0. The van der Waals surface area contributed by atoms with Crippen LogP contribution in [0.3, 0.4) is 0 Å². The minimum Gasteiger partial charge on any atom is -0.394 e. The molecule has 0 aliphatic carbocycles. The molecule has 8 heavy (non-hydrogen) atoms. The topological polar surface area (TPSA) is 12.9 Å². The molecule has 0 amide bonds. The second-order valence-electron chi connectivity index (χ2n) is 1.46. The fraction of sp³-hybridized carbons (Fsp3) is 0.167. The third kappa shape index (κ3) is 2.22. The number of rotatable bonds is 0. The predicted octanol–water partition coefficient (Wildman–Crippen LogP) is 1.19. The van der Waals surface area contributed by atoms with Gasteiger partial charge in [0, 0.05) is 0 Å². The molecule has 1 aromatic rings. The first kappa shape index (κ1) is 7.84. The van der Waals surface area contributed by atoms with E-state index in [0.29, 0.717) is 0 Å². The van der Waals surface area contributed by atoms with E-state index in [1.807, 2.05) is 19.1 Å². The summed E-state index contributed by atoms with van der Waals surface area (Å²) >= 11 is 0. The number of aryl methyl sites for hydroxylation is 1. The van der Waals surface area contributed by atoms with Crippen LogP contribution in [0.25, 0.3) is 0 Å². The van der Waals surface area contributed by atoms with E-state index in [0.717, 1.165) is 0 Å². The molecule has 40 valence electrons. The van der Waals surface area contributed by atoms with Crippen molar-refractivity contribution in [2.24, 2.45) is 0 Å². The molecule has 0 bridgehead atoms. The van der Waals surface area contributed by atoms with Crippen molar-refractivity contribution < 1.29 is 21.1 Å². The van der Waals surface area contributed by atoms with Gasteiger partial charge in [-0.1, -0.05) is 19.3 Å². The summed E-state index contributed by atoms with van der Waals surface area (Å²) in [6, 6.07) is 3.79. The van der Waals surface area contributed by atoms with Crippen LogP contribution in [0.1, 0.15) is 5.56 Å². The number of hydrogen-bond donors (Lipinski definition) is 0. The molecule has 0 N–H and O–H groups in total. The van der Waals surface area contributed by atoms with Gasteiger partial charge in [0.15, 0.2) is 0 Å². The standard InChI is InChI=1S/C6H6N.W/c1-6-2-4-7-5-3-6;/h2-4H,1H3;/q-1;+2. The first-order valence-electron chi connectivity index (χ1n) is 2.18. The zero-order chi connectivity index (χ0) is 5.11. The molecule has 1 aromatic heterocycles. The first-order chi connectivity index (χ1) is 3.39. The molecule has 0 saturated heterocycles. The van der Waals surface area contributed by atoms with Crippen LogP contribution in [0.5, 0.6) is 0 Å². The van der Waals surface area contributed by atoms with Crippen LogP contribution in [0, 0.1) is 13.1 Å². The van der Waals surface area contributed by atoms with Crippen molar-refractivity contribution in [1.82, 2.24) is 4.98 Å². The third-order valence-electron chi connectivity index (χ3n) is 0.779. The summed E-state index contributed by atoms with van der Waals surface area (Å²) < 4.78 is 0. The average Bonchev–Trinajstić information content (AvgIpc) is 1.69. The van der Waals surface area contributed by atoms with Gasteiger partial charge in [-0.25, -0.2) is 0 Å². The van der Waals surface area contributed by atoms with E-state index in [9.17, 15) is 0 Å². The molecule has 2 heteroatoms. The summed E-state index contributed by atoms with van der Waals surface area (Å²) in [6.45, 7) is 2.01. The van der Waals surface area contributed by atoms with Crippen LogP contribution in [0.15, 0.2) is 18.3 Å². The van der Waals surface area contributed by atoms with Crippen molar-refractivity contribution in [2.45, 2.75) is 6.92 Å². The van der Waals surface area contributed by atoms with Gasteiger partial charge in [-0.05, 0) is 0 Å². The molecule has 0 atom stereocenters. The van der Waals surface area contributed by atoms with Crippen LogP contribution < -0.4 is 0 Å². The summed E-state index contributed by atoms with van der Waals surface area (Å²) in [5, 5.41) is 0. The largest absolute Gasteiger partial charge is 2.00 e. The Morgan fingerprint density at radius 2 is 2.38 bits per heavy atom. The van der Waals surface area contributed by atoms with Gasteiger partial charge in [-0.2, -0.15) is 17.7 Å². The van der Waals surface area contributed by atoms with Crippen molar-refractivity contribution in [1.29, 1.82) is 0 Å². The van der Waals surface area contributed by atoms with Gasteiger partial charge in [0.2, 0.25) is 0 Å². The maximum absolute atomic E-state index is 3.72. The Morgan fingerprint density at radius 1 is 1.62 bits per heavy atom. The Morgan fingerprint density at radius 3 is 2.62 bits per heavy atom. The van der Waals surface area contributed by atoms with E-state index >= 15 is 0 Å². The molecule has 0 aliphatic heterocycles. The molecule has 0 radical (unpaired) electrons. The SMILES string of the molecule is Cc1c[c-]ncc1.[W+2]. The molecule has 1 heterocycles. The molecule has 1 rings (SSSR count). The molecule has 0 fully saturated rings. The predicted molar refractivity (Wildman–Crippen MR) is 27.8 cm³/mol. The molecular formula is C6H6NW+. The number of hydrogen-bond acceptors (Lipinski definition) is 1. The van der Waals surface area contributed by atoms with Crippen molar-refractivity contribution in [3.05, 3.63) is 30.1 Å². The van der Waals surface area contributed by atoms with E-state index in [4.69, 9.17) is 0 Å². The average molecular weight is 276 g/mol. The minimum atomic E-state index is 0. The molecule has 0 aromatic carbocycles. The van der Waals surface area contributed by atoms with Gasteiger partial charge in [0.1, 0.15) is 0 Å². The Labute approximate surface area is 63.4 Å². The molecule has 0 aliphatic rings. The monoisotopic (exact) mass is 276 g/mol. The van der Waals surface area contributed by atoms with Crippen LogP contribution in [-0.2, 0) is 21.1 Å². The number of nitrogens with zero attached hydrogens (tertiary/aromatic N) is 1. The summed E-state index contributed by atoms with van der Waals surface area (Å²) in [5.41, 5.74) is 1.20. The normalized spacial score (nSPS) is 7.62. The van der Waals surface area contributed by atoms with Crippen molar-refractivity contribution >= 4 is 0 Å². The third-order valence-corrected chi connectivity index (χ3v) is 0.779. The summed E-state index contributed by atoms with van der Waals surface area (Å²) in [5.74, 6) is 0. The Kier molecular flexibility index (Phi) is 3.72. The van der Waals surface area contributed by atoms with Gasteiger partial charge in [0.05, 0.1) is 0 Å². The van der Waals surface area contributed by atoms with Gasteiger partial charge < -0.3 is 4.98 Å². The Hall–Kier alpha value is -0.162. The van der Waals surface area contributed by atoms with Crippen LogP contribution in [-0.4, -0.2) is 4.98 Å². The maximum atomic E-state index is 3.72. The van der Waals surface area contributed by atoms with E-state index in [-0.39, 0.29) is 21.1 Å². The Bertz CT molecular complexity index is 138. The van der Waals surface area contributed by atoms with E-state index < -0.39 is 0 Å². The fourth-order valence-electron chi connectivity index (χ4n) is 0.385. The Balaban J connectivity index is 0.000000490. The second kappa shape index (κ2) is 3.79. The van der Waals surface area contributed by atoms with Gasteiger partial charge in [-0.3, -0.25) is 0 Å². The quantitative estimate of drug-likeness (QED) is 0.649. The van der Waals surface area contributed by atoms with Gasteiger partial charge >= 0.3 is 21.1 Å². The maximum Gasteiger partial charge on any atom is 2.00 e. The van der Waals surface area contributed by atoms with Crippen LogP contribution in [0.4, 0.5) is 0 Å². The van der Waals surface area contributed by atoms with Crippen molar-refractivity contribution in [3.8, 4) is 0 Å². The number of aromatic nitrogens is 1. The van der Waals surface area contributed by atoms with Crippen LogP contribution >= 0.6 is 0 Å². The number of pyridine rings is 1. The zero-order valence-corrected chi connectivity index (χ0v) is 7.52. The van der Waals surface area contributed by atoms with E-state index in [1.165, 1.54) is 5.56 Å². The van der Waals surface area contributed by atoms with Crippen LogP contribution in [0.2, 0.25) is 0 Å². The summed E-state index contributed by atoms with van der Waals surface area (Å²) in [6.07, 6.45) is 4.44. The second-order valence-corrected chi connectivity index (χ2v) is 1.46. The van der Waals surface area contributed by atoms with E-state index in [1.54, 1.807) is 6.20 Å². The molecule has 0 unspecified atom stereocenters. The van der Waals surface area contributed by atoms with Crippen molar-refractivity contribution in [2.75, 3.05) is 0 Å². The van der Waals surface area contributed by atoms with Gasteiger partial charge in [0.25, 0.3) is 0 Å². The van der Waals surface area contributed by atoms with E-state index in [2.05, 4.69) is 11.2 Å². The zero-order valence-electron chi connectivity index (χ0n) is 4.59. The molecule has 0 saturated carbocycles. The molecular weight excluding hydrogens is 270 g/mol. The first-order valence-corrected chi connectivity index (χ1v) is 2.18. The van der Waals surface area contributed by atoms with Crippen molar-refractivity contribution in [3.63, 3.8) is 0 Å². The molecule has 1 nitrogen and oxygen atoms in total. The summed E-state index contributed by atoms with van der Waals surface area (Å²) in [4.78, 5) is 3.72. The smallest absolute Gasteiger partial charge is 0.394 e. The summed E-state index contributed by atoms with van der Waals surface area (Å²) in [7, 11) is 0. The fourth-order valence-corrected chi connectivity index (χ4v) is 0.385. The van der Waals surface area contributed by atoms with Gasteiger partial charge in [-0.15, -0.1) is 0 Å².